The minimum Gasteiger partial charge on any atom is -0.497 e. The quantitative estimate of drug-likeness (QED) is 0.460. The van der Waals surface area contributed by atoms with Crippen LogP contribution in [0.5, 0.6) is 5.75 Å². The molecular formula is C28H39N3O. The van der Waals surface area contributed by atoms with Crippen molar-refractivity contribution in [1.82, 2.24) is 9.47 Å². The fourth-order valence-electron chi connectivity index (χ4n) is 5.17. The maximum Gasteiger partial charge on any atom is 0.119 e. The molecule has 4 nitrogen and oxygen atoms in total. The van der Waals surface area contributed by atoms with Crippen molar-refractivity contribution in [2.75, 3.05) is 26.7 Å². The average Bonchev–Trinajstić information content (AvgIpc) is 3.20. The summed E-state index contributed by atoms with van der Waals surface area (Å²) in [5, 5.41) is 1.35. The first kappa shape index (κ1) is 22.9. The normalized spacial score (nSPS) is 15.5. The summed E-state index contributed by atoms with van der Waals surface area (Å²) in [6.07, 6.45) is 8.30. The van der Waals surface area contributed by atoms with Gasteiger partial charge in [0.15, 0.2) is 0 Å². The van der Waals surface area contributed by atoms with Crippen LogP contribution in [0.15, 0.2) is 42.6 Å². The number of nitrogens with zero attached hydrogens (tertiary/aromatic N) is 2. The molecule has 0 saturated carbocycles. The molecule has 3 aromatic rings. The number of hydrogen-bond acceptors (Lipinski definition) is 3. The molecule has 0 bridgehead atoms. The van der Waals surface area contributed by atoms with E-state index in [1.165, 1.54) is 65.5 Å². The third-order valence-corrected chi connectivity index (χ3v) is 7.22. The Labute approximate surface area is 193 Å². The lowest BCUT2D eigenvalue weighted by Crippen LogP contribution is -2.32. The molecule has 1 aliphatic heterocycles. The average molecular weight is 434 g/mol. The zero-order chi connectivity index (χ0) is 22.5. The second-order valence-corrected chi connectivity index (χ2v) is 9.23. The van der Waals surface area contributed by atoms with Gasteiger partial charge in [0.25, 0.3) is 0 Å². The summed E-state index contributed by atoms with van der Waals surface area (Å²) in [4.78, 5) is 2.63. The summed E-state index contributed by atoms with van der Waals surface area (Å²) in [5.74, 6) is 1.84. The van der Waals surface area contributed by atoms with E-state index in [1.807, 2.05) is 0 Å². The number of hydrogen-bond donors (Lipinski definition) is 1. The Morgan fingerprint density at radius 1 is 1.03 bits per heavy atom. The molecule has 2 N–H and O–H groups in total. The lowest BCUT2D eigenvalue weighted by Gasteiger charge is -2.31. The van der Waals surface area contributed by atoms with Gasteiger partial charge in [-0.2, -0.15) is 0 Å². The Hall–Kier alpha value is -2.30. The molecule has 1 fully saturated rings. The van der Waals surface area contributed by atoms with Crippen LogP contribution in [0.3, 0.4) is 0 Å². The van der Waals surface area contributed by atoms with Crippen molar-refractivity contribution in [2.45, 2.75) is 59.0 Å². The molecular weight excluding hydrogens is 394 g/mol. The minimum absolute atomic E-state index is 0.712. The monoisotopic (exact) mass is 433 g/mol. The van der Waals surface area contributed by atoms with Crippen LogP contribution < -0.4 is 10.5 Å². The summed E-state index contributed by atoms with van der Waals surface area (Å²) >= 11 is 0. The van der Waals surface area contributed by atoms with Crippen molar-refractivity contribution in [1.29, 1.82) is 0 Å². The Kier molecular flexibility index (Phi) is 7.54. The third-order valence-electron chi connectivity index (χ3n) is 7.22. The Balaban J connectivity index is 1.70. The van der Waals surface area contributed by atoms with E-state index >= 15 is 0 Å². The van der Waals surface area contributed by atoms with Crippen LogP contribution in [0.2, 0.25) is 0 Å². The SMILES string of the molecule is CCc1cc(OC)ccc1-c1cn(CCCN)c2ccc(CN3CCC(CC)CC3)cc12. The number of nitrogens with two attached hydrogens (primary N) is 1. The Bertz CT molecular complexity index is 1030. The molecule has 1 saturated heterocycles. The van der Waals surface area contributed by atoms with Crippen molar-refractivity contribution < 1.29 is 4.74 Å². The van der Waals surface area contributed by atoms with E-state index in [2.05, 4.69) is 65.9 Å². The maximum absolute atomic E-state index is 5.83. The van der Waals surface area contributed by atoms with Gasteiger partial charge >= 0.3 is 0 Å². The van der Waals surface area contributed by atoms with E-state index < -0.39 is 0 Å². The van der Waals surface area contributed by atoms with E-state index in [9.17, 15) is 0 Å². The zero-order valence-electron chi connectivity index (χ0n) is 20.1. The molecule has 0 aliphatic carbocycles. The van der Waals surface area contributed by atoms with Gasteiger partial charge in [-0.15, -0.1) is 0 Å². The molecule has 32 heavy (non-hydrogen) atoms. The van der Waals surface area contributed by atoms with Crippen LogP contribution >= 0.6 is 0 Å². The van der Waals surface area contributed by atoms with Crippen molar-refractivity contribution >= 4 is 10.9 Å². The van der Waals surface area contributed by atoms with Crippen molar-refractivity contribution in [2.24, 2.45) is 11.7 Å². The molecule has 0 unspecified atom stereocenters. The fourth-order valence-corrected chi connectivity index (χ4v) is 5.17. The van der Waals surface area contributed by atoms with Crippen molar-refractivity contribution in [3.05, 3.63) is 53.7 Å². The molecule has 1 aliphatic rings. The number of rotatable bonds is 9. The van der Waals surface area contributed by atoms with Gasteiger partial charge in [0.05, 0.1) is 7.11 Å². The third kappa shape index (κ3) is 4.87. The van der Waals surface area contributed by atoms with Crippen molar-refractivity contribution in [3.8, 4) is 16.9 Å². The lowest BCUT2D eigenvalue weighted by molar-refractivity contribution is 0.175. The number of piperidine rings is 1. The number of methoxy groups -OCH3 is 1. The highest BCUT2D eigenvalue weighted by atomic mass is 16.5. The molecule has 0 spiro atoms. The molecule has 0 atom stereocenters. The van der Waals surface area contributed by atoms with E-state index in [4.69, 9.17) is 10.5 Å². The highest BCUT2D eigenvalue weighted by molar-refractivity contribution is 5.97. The first-order valence-electron chi connectivity index (χ1n) is 12.4. The van der Waals surface area contributed by atoms with E-state index in [-0.39, 0.29) is 0 Å². The molecule has 1 aromatic heterocycles. The van der Waals surface area contributed by atoms with Gasteiger partial charge in [0, 0.05) is 35.8 Å². The Morgan fingerprint density at radius 3 is 2.53 bits per heavy atom. The maximum atomic E-state index is 5.83. The predicted molar refractivity (Wildman–Crippen MR) is 135 cm³/mol. The topological polar surface area (TPSA) is 43.4 Å². The number of benzene rings is 2. The van der Waals surface area contributed by atoms with E-state index in [1.54, 1.807) is 7.11 Å². The van der Waals surface area contributed by atoms with Crippen LogP contribution in [0.1, 0.15) is 50.7 Å². The molecule has 2 heterocycles. The summed E-state index contributed by atoms with van der Waals surface area (Å²) in [6.45, 7) is 9.70. The lowest BCUT2D eigenvalue weighted by atomic mass is 9.94. The van der Waals surface area contributed by atoms with Crippen LogP contribution in [-0.4, -0.2) is 36.2 Å². The number of ether oxygens (including phenoxy) is 1. The first-order chi connectivity index (χ1) is 15.7. The van der Waals surface area contributed by atoms with Gasteiger partial charge in [0.1, 0.15) is 5.75 Å². The number of aryl methyl sites for hydroxylation is 2. The molecule has 4 rings (SSSR count). The van der Waals surface area contributed by atoms with Gasteiger partial charge in [-0.3, -0.25) is 4.90 Å². The van der Waals surface area contributed by atoms with Gasteiger partial charge < -0.3 is 15.0 Å². The minimum atomic E-state index is 0.712. The van der Waals surface area contributed by atoms with E-state index in [0.717, 1.165) is 37.6 Å². The van der Waals surface area contributed by atoms with E-state index in [0.29, 0.717) is 6.54 Å². The summed E-state index contributed by atoms with van der Waals surface area (Å²) < 4.78 is 7.87. The van der Waals surface area contributed by atoms with Gasteiger partial charge in [-0.25, -0.2) is 0 Å². The smallest absolute Gasteiger partial charge is 0.119 e. The van der Waals surface area contributed by atoms with Gasteiger partial charge in [-0.05, 0) is 92.2 Å². The number of fused-ring (bicyclic) bond motifs is 1. The van der Waals surface area contributed by atoms with Gasteiger partial charge in [-0.1, -0.05) is 32.4 Å². The van der Waals surface area contributed by atoms with Crippen LogP contribution in [-0.2, 0) is 19.5 Å². The standard InChI is InChI=1S/C28H39N3O/c1-4-21-11-15-30(16-12-21)19-22-7-10-28-26(17-22)27(20-31(28)14-6-13-29)25-9-8-24(32-3)18-23(25)5-2/h7-10,17-18,20-21H,4-6,11-16,19,29H2,1-3H3. The zero-order valence-corrected chi connectivity index (χ0v) is 20.1. The highest BCUT2D eigenvalue weighted by Gasteiger charge is 2.19. The molecule has 2 aromatic carbocycles. The number of aromatic nitrogens is 1. The van der Waals surface area contributed by atoms with Crippen molar-refractivity contribution in [3.63, 3.8) is 0 Å². The molecule has 0 radical (unpaired) electrons. The van der Waals surface area contributed by atoms with Crippen LogP contribution in [0, 0.1) is 5.92 Å². The summed E-state index contributed by atoms with van der Waals surface area (Å²) in [5.41, 5.74) is 12.5. The van der Waals surface area contributed by atoms with Gasteiger partial charge in [0.2, 0.25) is 0 Å². The predicted octanol–water partition coefficient (Wildman–Crippen LogP) is 5.85. The molecule has 0 amide bonds. The second kappa shape index (κ2) is 10.5. The Morgan fingerprint density at radius 2 is 1.84 bits per heavy atom. The number of likely N-dealkylation sites (tertiary alicyclic amines) is 1. The molecule has 4 heteroatoms. The van der Waals surface area contributed by atoms with Crippen LogP contribution in [0.25, 0.3) is 22.0 Å². The highest BCUT2D eigenvalue weighted by Crippen LogP contribution is 2.36. The first-order valence-corrected chi connectivity index (χ1v) is 12.4. The molecule has 172 valence electrons. The summed E-state index contributed by atoms with van der Waals surface area (Å²) in [6, 6.07) is 13.6. The fraction of sp³-hybridized carbons (Fsp3) is 0.500. The summed E-state index contributed by atoms with van der Waals surface area (Å²) in [7, 11) is 1.74. The largest absolute Gasteiger partial charge is 0.497 e. The second-order valence-electron chi connectivity index (χ2n) is 9.23. The van der Waals surface area contributed by atoms with Crippen LogP contribution in [0.4, 0.5) is 0 Å².